The molecule has 0 aromatic carbocycles. The van der Waals surface area contributed by atoms with Gasteiger partial charge in [0.25, 0.3) is 0 Å². The van der Waals surface area contributed by atoms with Gasteiger partial charge in [-0.3, -0.25) is 0 Å². The summed E-state index contributed by atoms with van der Waals surface area (Å²) in [5, 5.41) is 0.850. The number of hydrogen-bond donors (Lipinski definition) is 1. The zero-order valence-electron chi connectivity index (χ0n) is 7.88. The smallest absolute Gasteiger partial charge is 0.188 e. The van der Waals surface area contributed by atoms with Gasteiger partial charge in [0.1, 0.15) is 5.16 Å². The summed E-state index contributed by atoms with van der Waals surface area (Å²) in [7, 11) is 0. The number of nitrogens with two attached hydrogens (primary N) is 1. The summed E-state index contributed by atoms with van der Waals surface area (Å²) in [4.78, 5) is 7.74. The molecule has 0 bridgehead atoms. The monoisotopic (exact) mass is 219 g/mol. The molecule has 0 amide bonds. The fourth-order valence-corrected chi connectivity index (χ4v) is 1.24. The molecule has 0 aromatic rings. The highest BCUT2D eigenvalue weighted by molar-refractivity contribution is 8.13. The van der Waals surface area contributed by atoms with E-state index in [1.807, 2.05) is 0 Å². The van der Waals surface area contributed by atoms with E-state index in [-0.39, 0.29) is 5.16 Å². The minimum atomic E-state index is 0.283. The first-order chi connectivity index (χ1) is 6.11. The van der Waals surface area contributed by atoms with Crippen molar-refractivity contribution in [3.05, 3.63) is 10.9 Å². The summed E-state index contributed by atoms with van der Waals surface area (Å²) < 4.78 is 0. The van der Waals surface area contributed by atoms with Crippen LogP contribution in [0.1, 0.15) is 20.3 Å². The fourth-order valence-electron chi connectivity index (χ4n) is 0.479. The topological polar surface area (TPSA) is 50.7 Å². The van der Waals surface area contributed by atoms with Crippen molar-refractivity contribution in [2.75, 3.05) is 5.75 Å². The van der Waals surface area contributed by atoms with Gasteiger partial charge in [0.15, 0.2) is 5.17 Å². The Morgan fingerprint density at radius 1 is 1.62 bits per heavy atom. The lowest BCUT2D eigenvalue weighted by Gasteiger charge is -1.98. The molecule has 0 unspecified atom stereocenters. The molecule has 74 valence electrons. The molecule has 0 radical (unpaired) electrons. The van der Waals surface area contributed by atoms with Crippen LogP contribution >= 0.6 is 23.4 Å². The van der Waals surface area contributed by atoms with Gasteiger partial charge in [-0.1, -0.05) is 30.3 Å². The van der Waals surface area contributed by atoms with Crippen LogP contribution in [0.15, 0.2) is 20.8 Å². The first-order valence-electron chi connectivity index (χ1n) is 3.91. The molecule has 0 fully saturated rings. The Hall–Kier alpha value is -0.480. The highest BCUT2D eigenvalue weighted by Crippen LogP contribution is 2.13. The third-order valence-corrected chi connectivity index (χ3v) is 2.56. The van der Waals surface area contributed by atoms with Crippen LogP contribution in [0.3, 0.4) is 0 Å². The molecule has 0 saturated carbocycles. The van der Waals surface area contributed by atoms with Crippen LogP contribution < -0.4 is 5.73 Å². The molecule has 0 heterocycles. The Morgan fingerprint density at radius 3 is 2.62 bits per heavy atom. The molecule has 0 rings (SSSR count). The fraction of sp³-hybridized carbons (Fsp3) is 0.500. The zero-order valence-corrected chi connectivity index (χ0v) is 9.45. The van der Waals surface area contributed by atoms with Gasteiger partial charge in [0.2, 0.25) is 0 Å². The summed E-state index contributed by atoms with van der Waals surface area (Å²) in [5.74, 6) is 0.950. The molecular weight excluding hydrogens is 206 g/mol. The van der Waals surface area contributed by atoms with Crippen molar-refractivity contribution in [3.63, 3.8) is 0 Å². The Bertz CT molecular complexity index is 232. The minimum absolute atomic E-state index is 0.283. The second-order valence-electron chi connectivity index (χ2n) is 2.37. The molecule has 3 nitrogen and oxygen atoms in total. The van der Waals surface area contributed by atoms with E-state index in [4.69, 9.17) is 17.3 Å². The molecule has 0 aliphatic rings. The lowest BCUT2D eigenvalue weighted by molar-refractivity contribution is 1.11. The van der Waals surface area contributed by atoms with Gasteiger partial charge in [-0.2, -0.15) is 0 Å². The highest BCUT2D eigenvalue weighted by atomic mass is 35.5. The summed E-state index contributed by atoms with van der Waals surface area (Å²) >= 11 is 7.25. The molecule has 0 aliphatic carbocycles. The molecule has 0 aromatic heterocycles. The van der Waals surface area contributed by atoms with Crippen molar-refractivity contribution in [1.29, 1.82) is 0 Å². The van der Waals surface area contributed by atoms with Crippen molar-refractivity contribution < 1.29 is 0 Å². The van der Waals surface area contributed by atoms with Gasteiger partial charge < -0.3 is 5.73 Å². The molecule has 5 heteroatoms. The summed E-state index contributed by atoms with van der Waals surface area (Å²) in [6.07, 6.45) is 1.06. The van der Waals surface area contributed by atoms with E-state index in [0.717, 1.165) is 12.2 Å². The molecule has 2 N–H and O–H groups in total. The first-order valence-corrected chi connectivity index (χ1v) is 5.28. The maximum absolute atomic E-state index is 5.73. The summed E-state index contributed by atoms with van der Waals surface area (Å²) in [5.41, 5.74) is 5.92. The number of allylic oxidation sites excluding steroid dienone is 1. The first kappa shape index (κ1) is 12.5. The van der Waals surface area contributed by atoms with Crippen LogP contribution in [0.25, 0.3) is 0 Å². The van der Waals surface area contributed by atoms with Crippen LogP contribution in [0.4, 0.5) is 0 Å². The normalized spacial score (nSPS) is 13.9. The van der Waals surface area contributed by atoms with E-state index in [0.29, 0.717) is 10.9 Å². The Morgan fingerprint density at radius 2 is 2.23 bits per heavy atom. The van der Waals surface area contributed by atoms with Crippen LogP contribution in [-0.4, -0.2) is 17.6 Å². The number of rotatable bonds is 3. The predicted octanol–water partition coefficient (Wildman–Crippen LogP) is 2.57. The SMILES string of the molecule is C=N/C(=N\C(Cl)=C(/C)N)SCCC. The Labute approximate surface area is 88.2 Å². The van der Waals surface area contributed by atoms with Gasteiger partial charge >= 0.3 is 0 Å². The number of aliphatic imine (C=N–C) groups is 2. The number of halogens is 1. The van der Waals surface area contributed by atoms with Crippen LogP contribution in [0.5, 0.6) is 0 Å². The number of amidine groups is 1. The quantitative estimate of drug-likeness (QED) is 0.451. The average Bonchev–Trinajstić information content (AvgIpc) is 2.11. The van der Waals surface area contributed by atoms with Crippen molar-refractivity contribution in [2.45, 2.75) is 20.3 Å². The lowest BCUT2D eigenvalue weighted by Crippen LogP contribution is -1.95. The molecule has 0 atom stereocenters. The third-order valence-electron chi connectivity index (χ3n) is 1.09. The van der Waals surface area contributed by atoms with Crippen LogP contribution in [0, 0.1) is 0 Å². The van der Waals surface area contributed by atoms with Gasteiger partial charge in [-0.05, 0) is 20.1 Å². The second-order valence-corrected chi connectivity index (χ2v) is 3.79. The van der Waals surface area contributed by atoms with Crippen molar-refractivity contribution in [1.82, 2.24) is 0 Å². The number of hydrogen-bond acceptors (Lipinski definition) is 3. The molecule has 0 spiro atoms. The van der Waals surface area contributed by atoms with Crippen molar-refractivity contribution in [2.24, 2.45) is 15.7 Å². The van der Waals surface area contributed by atoms with Gasteiger partial charge in [-0.15, -0.1) is 0 Å². The van der Waals surface area contributed by atoms with E-state index in [1.54, 1.807) is 6.92 Å². The van der Waals surface area contributed by atoms with E-state index >= 15 is 0 Å². The van der Waals surface area contributed by atoms with Crippen molar-refractivity contribution in [3.8, 4) is 0 Å². The van der Waals surface area contributed by atoms with Gasteiger partial charge in [0, 0.05) is 11.4 Å². The predicted molar refractivity (Wildman–Crippen MR) is 62.5 cm³/mol. The Kier molecular flexibility index (Phi) is 6.72. The number of nitrogens with zero attached hydrogens (tertiary/aromatic N) is 2. The van der Waals surface area contributed by atoms with E-state index < -0.39 is 0 Å². The van der Waals surface area contributed by atoms with Crippen LogP contribution in [0.2, 0.25) is 0 Å². The minimum Gasteiger partial charge on any atom is -0.400 e. The standard InChI is InChI=1S/C8H14ClN3S/c1-4-5-13-8(11-3)12-7(9)6(2)10/h3-5,10H2,1-2H3/b7-6+,12-8+. The third kappa shape index (κ3) is 5.71. The molecule has 0 aliphatic heterocycles. The van der Waals surface area contributed by atoms with E-state index in [2.05, 4.69) is 23.6 Å². The number of thioether (sulfide) groups is 1. The zero-order chi connectivity index (χ0) is 10.3. The average molecular weight is 220 g/mol. The highest BCUT2D eigenvalue weighted by Gasteiger charge is 1.98. The largest absolute Gasteiger partial charge is 0.400 e. The Balaban J connectivity index is 4.39. The maximum Gasteiger partial charge on any atom is 0.188 e. The molecule has 13 heavy (non-hydrogen) atoms. The lowest BCUT2D eigenvalue weighted by atomic mass is 10.6. The molecular formula is C8H14ClN3S. The van der Waals surface area contributed by atoms with E-state index in [1.165, 1.54) is 11.8 Å². The van der Waals surface area contributed by atoms with Crippen molar-refractivity contribution >= 4 is 35.2 Å². The van der Waals surface area contributed by atoms with Crippen LogP contribution in [-0.2, 0) is 0 Å². The molecule has 0 saturated heterocycles. The van der Waals surface area contributed by atoms with Gasteiger partial charge in [0.05, 0.1) is 0 Å². The second kappa shape index (κ2) is 6.97. The summed E-state index contributed by atoms with van der Waals surface area (Å²) in [6.45, 7) is 7.18. The summed E-state index contributed by atoms with van der Waals surface area (Å²) in [6, 6.07) is 0. The maximum atomic E-state index is 5.73. The van der Waals surface area contributed by atoms with Gasteiger partial charge in [-0.25, -0.2) is 9.98 Å². The van der Waals surface area contributed by atoms with E-state index in [9.17, 15) is 0 Å².